The van der Waals surface area contributed by atoms with Gasteiger partial charge >= 0.3 is 0 Å². The molecule has 0 bridgehead atoms. The van der Waals surface area contributed by atoms with Gasteiger partial charge in [0.1, 0.15) is 0 Å². The van der Waals surface area contributed by atoms with Crippen LogP contribution in [0.5, 0.6) is 0 Å². The van der Waals surface area contributed by atoms with Crippen LogP contribution in [-0.4, -0.2) is 15.3 Å². The average Bonchev–Trinajstić information content (AvgIpc) is 2.67. The molecule has 0 radical (unpaired) electrons. The normalized spacial score (nSPS) is 15.2. The standard InChI is InChI=1S/C15H23N3/c1-5-18-14-9-7-6-8-12(14)13(17-18)10-15(4,16)11(2)3/h6-9,11H,5,10,16H2,1-4H3. The van der Waals surface area contributed by atoms with Crippen molar-refractivity contribution in [1.82, 2.24) is 9.78 Å². The SMILES string of the molecule is CCn1nc(CC(C)(N)C(C)C)c2ccccc21. The molecule has 1 aromatic heterocycles. The molecule has 2 rings (SSSR count). The van der Waals surface area contributed by atoms with E-state index in [-0.39, 0.29) is 5.54 Å². The number of rotatable bonds is 4. The number of aromatic nitrogens is 2. The number of fused-ring (bicyclic) bond motifs is 1. The maximum Gasteiger partial charge on any atom is 0.0721 e. The smallest absolute Gasteiger partial charge is 0.0721 e. The van der Waals surface area contributed by atoms with Crippen molar-refractivity contribution in [1.29, 1.82) is 0 Å². The molecule has 0 aliphatic carbocycles. The van der Waals surface area contributed by atoms with Crippen molar-refractivity contribution in [3.8, 4) is 0 Å². The highest BCUT2D eigenvalue weighted by Gasteiger charge is 2.25. The van der Waals surface area contributed by atoms with Crippen LogP contribution in [0.15, 0.2) is 24.3 Å². The fraction of sp³-hybridized carbons (Fsp3) is 0.533. The van der Waals surface area contributed by atoms with Crippen LogP contribution in [-0.2, 0) is 13.0 Å². The van der Waals surface area contributed by atoms with E-state index < -0.39 is 0 Å². The fourth-order valence-electron chi connectivity index (χ4n) is 2.13. The van der Waals surface area contributed by atoms with Gasteiger partial charge in [-0.2, -0.15) is 5.10 Å². The van der Waals surface area contributed by atoms with Crippen LogP contribution in [0, 0.1) is 5.92 Å². The van der Waals surface area contributed by atoms with Gasteiger partial charge in [0.2, 0.25) is 0 Å². The largest absolute Gasteiger partial charge is 0.325 e. The molecule has 1 heterocycles. The summed E-state index contributed by atoms with van der Waals surface area (Å²) in [6.07, 6.45) is 0.818. The number of hydrogen-bond acceptors (Lipinski definition) is 2. The van der Waals surface area contributed by atoms with Gasteiger partial charge in [-0.3, -0.25) is 4.68 Å². The van der Waals surface area contributed by atoms with Gasteiger partial charge in [0.05, 0.1) is 11.2 Å². The van der Waals surface area contributed by atoms with Crippen molar-refractivity contribution >= 4 is 10.9 Å². The Bertz CT molecular complexity index is 538. The van der Waals surface area contributed by atoms with E-state index in [2.05, 4.69) is 56.6 Å². The summed E-state index contributed by atoms with van der Waals surface area (Å²) in [5.74, 6) is 0.433. The maximum atomic E-state index is 6.38. The van der Waals surface area contributed by atoms with Crippen LogP contribution in [0.4, 0.5) is 0 Å². The van der Waals surface area contributed by atoms with Crippen LogP contribution in [0.1, 0.15) is 33.4 Å². The summed E-state index contributed by atoms with van der Waals surface area (Å²) in [7, 11) is 0. The molecule has 0 spiro atoms. The highest BCUT2D eigenvalue weighted by molar-refractivity contribution is 5.82. The quantitative estimate of drug-likeness (QED) is 0.900. The molecule has 1 unspecified atom stereocenters. The molecular weight excluding hydrogens is 222 g/mol. The molecule has 18 heavy (non-hydrogen) atoms. The van der Waals surface area contributed by atoms with Crippen molar-refractivity contribution in [2.45, 2.75) is 46.2 Å². The zero-order chi connectivity index (χ0) is 13.3. The number of nitrogens with two attached hydrogens (primary N) is 1. The Hall–Kier alpha value is -1.35. The minimum Gasteiger partial charge on any atom is -0.325 e. The molecule has 3 nitrogen and oxygen atoms in total. The molecule has 0 fully saturated rings. The number of hydrogen-bond donors (Lipinski definition) is 1. The average molecular weight is 245 g/mol. The van der Waals surface area contributed by atoms with Crippen LogP contribution in [0.2, 0.25) is 0 Å². The van der Waals surface area contributed by atoms with Gasteiger partial charge in [-0.05, 0) is 25.8 Å². The van der Waals surface area contributed by atoms with E-state index in [1.165, 1.54) is 10.9 Å². The Morgan fingerprint density at radius 3 is 2.61 bits per heavy atom. The summed E-state index contributed by atoms with van der Waals surface area (Å²) in [5, 5.41) is 5.95. The van der Waals surface area contributed by atoms with Gasteiger partial charge in [-0.1, -0.05) is 32.0 Å². The number of para-hydroxylation sites is 1. The second-order valence-electron chi connectivity index (χ2n) is 5.62. The van der Waals surface area contributed by atoms with Gasteiger partial charge in [0, 0.05) is 23.9 Å². The van der Waals surface area contributed by atoms with Crippen molar-refractivity contribution in [3.63, 3.8) is 0 Å². The van der Waals surface area contributed by atoms with E-state index in [1.54, 1.807) is 0 Å². The first-order valence-electron chi connectivity index (χ1n) is 6.69. The summed E-state index contributed by atoms with van der Waals surface area (Å²) in [5.41, 5.74) is 8.49. The van der Waals surface area contributed by atoms with Crippen LogP contribution in [0.25, 0.3) is 10.9 Å². The Morgan fingerprint density at radius 2 is 2.00 bits per heavy atom. The molecule has 0 aliphatic rings. The zero-order valence-corrected chi connectivity index (χ0v) is 11.8. The van der Waals surface area contributed by atoms with E-state index >= 15 is 0 Å². The van der Waals surface area contributed by atoms with Gasteiger partial charge in [-0.25, -0.2) is 0 Å². The van der Waals surface area contributed by atoms with Gasteiger partial charge < -0.3 is 5.73 Å². The number of nitrogens with zero attached hydrogens (tertiary/aromatic N) is 2. The molecule has 3 heteroatoms. The lowest BCUT2D eigenvalue weighted by molar-refractivity contribution is 0.334. The predicted octanol–water partition coefficient (Wildman–Crippen LogP) is 2.97. The van der Waals surface area contributed by atoms with E-state index in [1.807, 2.05) is 0 Å². The van der Waals surface area contributed by atoms with Crippen molar-refractivity contribution in [2.75, 3.05) is 0 Å². The molecule has 0 saturated carbocycles. The van der Waals surface area contributed by atoms with Crippen molar-refractivity contribution in [2.24, 2.45) is 11.7 Å². The third kappa shape index (κ3) is 2.27. The van der Waals surface area contributed by atoms with E-state index in [9.17, 15) is 0 Å². The first-order chi connectivity index (χ1) is 8.45. The van der Waals surface area contributed by atoms with Crippen molar-refractivity contribution in [3.05, 3.63) is 30.0 Å². The third-order valence-corrected chi connectivity index (χ3v) is 3.90. The molecular formula is C15H23N3. The van der Waals surface area contributed by atoms with Gasteiger partial charge in [0.25, 0.3) is 0 Å². The monoisotopic (exact) mass is 245 g/mol. The minimum atomic E-state index is -0.213. The summed E-state index contributed by atoms with van der Waals surface area (Å²) >= 11 is 0. The number of aryl methyl sites for hydroxylation is 1. The molecule has 0 saturated heterocycles. The van der Waals surface area contributed by atoms with E-state index in [0.29, 0.717) is 5.92 Å². The Balaban J connectivity index is 2.46. The van der Waals surface area contributed by atoms with Crippen LogP contribution >= 0.6 is 0 Å². The molecule has 0 amide bonds. The topological polar surface area (TPSA) is 43.8 Å². The van der Waals surface area contributed by atoms with Gasteiger partial charge in [0.15, 0.2) is 0 Å². The first kappa shape index (κ1) is 13.1. The Kier molecular flexibility index (Phi) is 3.44. The molecule has 0 aliphatic heterocycles. The second-order valence-corrected chi connectivity index (χ2v) is 5.62. The fourth-order valence-corrected chi connectivity index (χ4v) is 2.13. The molecule has 98 valence electrons. The Labute approximate surface area is 109 Å². The summed E-state index contributed by atoms with van der Waals surface area (Å²) in [4.78, 5) is 0. The molecule has 1 aromatic carbocycles. The highest BCUT2D eigenvalue weighted by Crippen LogP contribution is 2.24. The second kappa shape index (κ2) is 4.73. The highest BCUT2D eigenvalue weighted by atomic mass is 15.3. The maximum absolute atomic E-state index is 6.38. The predicted molar refractivity (Wildman–Crippen MR) is 76.5 cm³/mol. The van der Waals surface area contributed by atoms with Crippen LogP contribution in [0.3, 0.4) is 0 Å². The summed E-state index contributed by atoms with van der Waals surface area (Å²) in [6, 6.07) is 8.39. The van der Waals surface area contributed by atoms with Crippen molar-refractivity contribution < 1.29 is 0 Å². The third-order valence-electron chi connectivity index (χ3n) is 3.90. The van der Waals surface area contributed by atoms with E-state index in [0.717, 1.165) is 18.7 Å². The molecule has 1 atom stereocenters. The number of benzene rings is 1. The lowest BCUT2D eigenvalue weighted by Gasteiger charge is -2.28. The van der Waals surface area contributed by atoms with E-state index in [4.69, 9.17) is 10.8 Å². The first-order valence-corrected chi connectivity index (χ1v) is 6.69. The minimum absolute atomic E-state index is 0.213. The lowest BCUT2D eigenvalue weighted by Crippen LogP contribution is -2.44. The lowest BCUT2D eigenvalue weighted by atomic mass is 9.85. The summed E-state index contributed by atoms with van der Waals surface area (Å²) < 4.78 is 2.06. The van der Waals surface area contributed by atoms with Crippen LogP contribution < -0.4 is 5.73 Å². The molecule has 2 N–H and O–H groups in total. The summed E-state index contributed by atoms with van der Waals surface area (Å²) in [6.45, 7) is 9.45. The van der Waals surface area contributed by atoms with Gasteiger partial charge in [-0.15, -0.1) is 0 Å². The molecule has 2 aromatic rings. The zero-order valence-electron chi connectivity index (χ0n) is 11.8. The Morgan fingerprint density at radius 1 is 1.33 bits per heavy atom.